The molecule has 0 N–H and O–H groups in total. The molecule has 34 heavy (non-hydrogen) atoms. The van der Waals surface area contributed by atoms with E-state index in [9.17, 15) is 0 Å². The van der Waals surface area contributed by atoms with E-state index in [0.29, 0.717) is 0 Å². The second-order valence-electron chi connectivity index (χ2n) is 7.77. The molecular formula is C34H20. The Morgan fingerprint density at radius 1 is 0.294 bits per heavy atom. The van der Waals surface area contributed by atoms with Crippen molar-refractivity contribution in [2.24, 2.45) is 0 Å². The predicted molar refractivity (Wildman–Crippen MR) is 141 cm³/mol. The van der Waals surface area contributed by atoms with Crippen molar-refractivity contribution in [3.8, 4) is 35.5 Å². The average molecular weight is 429 g/mol. The molecule has 0 atom stereocenters. The Labute approximate surface area is 200 Å². The third kappa shape index (κ3) is 5.09. The van der Waals surface area contributed by atoms with E-state index in [2.05, 4.69) is 65.9 Å². The summed E-state index contributed by atoms with van der Waals surface area (Å²) in [5.41, 5.74) is 5.87. The molecule has 0 spiro atoms. The summed E-state index contributed by atoms with van der Waals surface area (Å²) in [6, 6.07) is 40.5. The van der Waals surface area contributed by atoms with E-state index in [-0.39, 0.29) is 0 Å². The van der Waals surface area contributed by atoms with Gasteiger partial charge in [-0.3, -0.25) is 0 Å². The standard InChI is InChI=1S/C34H20/c1-4-10-27(11-5-1)16-17-30-20-25-33-31(21-18-28-12-6-2-7-13-28)23-24-32(34(33)26-30)22-19-29-14-8-3-9-15-29/h1-15,20,23-26H. The predicted octanol–water partition coefficient (Wildman–Crippen LogP) is 7.04. The molecule has 0 heteroatoms. The quantitative estimate of drug-likeness (QED) is 0.232. The van der Waals surface area contributed by atoms with Crippen molar-refractivity contribution in [1.29, 1.82) is 0 Å². The van der Waals surface area contributed by atoms with Crippen molar-refractivity contribution in [3.05, 3.63) is 155 Å². The molecule has 0 amide bonds. The monoisotopic (exact) mass is 428 g/mol. The highest BCUT2D eigenvalue weighted by atomic mass is 14.1. The van der Waals surface area contributed by atoms with E-state index < -0.39 is 0 Å². The SMILES string of the molecule is C(#Cc1ccc2c(C#Cc3ccccc3)ccc(C#Cc3ccccc3)c2c1)c1ccccc1. The van der Waals surface area contributed by atoms with E-state index in [1.54, 1.807) is 0 Å². The van der Waals surface area contributed by atoms with Gasteiger partial charge in [0, 0.05) is 33.4 Å². The van der Waals surface area contributed by atoms with Gasteiger partial charge < -0.3 is 0 Å². The van der Waals surface area contributed by atoms with Crippen molar-refractivity contribution in [2.75, 3.05) is 0 Å². The molecule has 5 rings (SSSR count). The van der Waals surface area contributed by atoms with E-state index in [1.807, 2.05) is 91.0 Å². The third-order valence-electron chi connectivity index (χ3n) is 5.37. The lowest BCUT2D eigenvalue weighted by Crippen LogP contribution is -1.87. The van der Waals surface area contributed by atoms with Crippen LogP contribution in [0.4, 0.5) is 0 Å². The maximum Gasteiger partial charge on any atom is 0.0328 e. The Morgan fingerprint density at radius 3 is 1.21 bits per heavy atom. The molecule has 0 nitrogen and oxygen atoms in total. The van der Waals surface area contributed by atoms with Crippen LogP contribution < -0.4 is 0 Å². The van der Waals surface area contributed by atoms with Gasteiger partial charge in [0.25, 0.3) is 0 Å². The molecule has 5 aromatic rings. The van der Waals surface area contributed by atoms with Gasteiger partial charge in [-0.05, 0) is 71.4 Å². The first-order valence-corrected chi connectivity index (χ1v) is 11.1. The minimum absolute atomic E-state index is 0.951. The smallest absolute Gasteiger partial charge is 0.0328 e. The summed E-state index contributed by atoms with van der Waals surface area (Å²) < 4.78 is 0. The van der Waals surface area contributed by atoms with Gasteiger partial charge in [0.05, 0.1) is 0 Å². The number of fused-ring (bicyclic) bond motifs is 1. The molecule has 0 unspecified atom stereocenters. The highest BCUT2D eigenvalue weighted by Gasteiger charge is 2.05. The number of benzene rings is 5. The van der Waals surface area contributed by atoms with Gasteiger partial charge in [0.1, 0.15) is 0 Å². The van der Waals surface area contributed by atoms with Crippen LogP contribution in [0.5, 0.6) is 0 Å². The second kappa shape index (κ2) is 10.1. The van der Waals surface area contributed by atoms with Gasteiger partial charge in [-0.25, -0.2) is 0 Å². The lowest BCUT2D eigenvalue weighted by atomic mass is 9.97. The van der Waals surface area contributed by atoms with Crippen LogP contribution in [0.15, 0.2) is 121 Å². The first-order valence-electron chi connectivity index (χ1n) is 11.1. The largest absolute Gasteiger partial charge is 0.0622 e. The molecule has 0 fully saturated rings. The maximum atomic E-state index is 3.36. The summed E-state index contributed by atoms with van der Waals surface area (Å²) in [6.07, 6.45) is 0. The van der Waals surface area contributed by atoms with Crippen LogP contribution in [-0.4, -0.2) is 0 Å². The van der Waals surface area contributed by atoms with Gasteiger partial charge in [-0.1, -0.05) is 96.2 Å². The summed E-state index contributed by atoms with van der Waals surface area (Å²) >= 11 is 0. The van der Waals surface area contributed by atoms with Gasteiger partial charge in [0.2, 0.25) is 0 Å². The number of hydrogen-bond acceptors (Lipinski definition) is 0. The summed E-state index contributed by atoms with van der Waals surface area (Å²) in [4.78, 5) is 0. The maximum absolute atomic E-state index is 3.36. The molecule has 156 valence electrons. The molecule has 0 aliphatic rings. The Morgan fingerprint density at radius 2 is 0.706 bits per heavy atom. The van der Waals surface area contributed by atoms with Gasteiger partial charge in [0.15, 0.2) is 0 Å². The van der Waals surface area contributed by atoms with E-state index in [4.69, 9.17) is 0 Å². The molecule has 0 saturated heterocycles. The zero-order valence-corrected chi connectivity index (χ0v) is 18.5. The fourth-order valence-corrected chi connectivity index (χ4v) is 3.63. The van der Waals surface area contributed by atoms with Crippen molar-refractivity contribution in [3.63, 3.8) is 0 Å². The zero-order chi connectivity index (χ0) is 23.0. The fraction of sp³-hybridized carbons (Fsp3) is 0. The molecule has 0 saturated carbocycles. The number of rotatable bonds is 0. The highest BCUT2D eigenvalue weighted by molar-refractivity contribution is 5.94. The molecule has 5 aromatic carbocycles. The van der Waals surface area contributed by atoms with Crippen molar-refractivity contribution in [2.45, 2.75) is 0 Å². The average Bonchev–Trinajstić information content (AvgIpc) is 2.91. The van der Waals surface area contributed by atoms with Crippen molar-refractivity contribution >= 4 is 10.8 Å². The molecule has 0 bridgehead atoms. The second-order valence-corrected chi connectivity index (χ2v) is 7.77. The first kappa shape index (κ1) is 20.9. The molecule has 0 heterocycles. The zero-order valence-electron chi connectivity index (χ0n) is 18.5. The summed E-state index contributed by atoms with van der Waals surface area (Å²) in [5, 5.41) is 2.14. The van der Waals surface area contributed by atoms with Gasteiger partial charge in [-0.15, -0.1) is 0 Å². The van der Waals surface area contributed by atoms with Crippen molar-refractivity contribution < 1.29 is 0 Å². The van der Waals surface area contributed by atoms with Crippen molar-refractivity contribution in [1.82, 2.24) is 0 Å². The van der Waals surface area contributed by atoms with E-state index >= 15 is 0 Å². The van der Waals surface area contributed by atoms with Gasteiger partial charge in [-0.2, -0.15) is 0 Å². The molecular weight excluding hydrogens is 408 g/mol. The van der Waals surface area contributed by atoms with Crippen LogP contribution >= 0.6 is 0 Å². The lowest BCUT2D eigenvalue weighted by molar-refractivity contribution is 1.61. The minimum atomic E-state index is 0.951. The third-order valence-corrected chi connectivity index (χ3v) is 5.37. The topological polar surface area (TPSA) is 0 Å². The van der Waals surface area contributed by atoms with Crippen LogP contribution in [0.25, 0.3) is 10.8 Å². The molecule has 0 aromatic heterocycles. The lowest BCUT2D eigenvalue weighted by Gasteiger charge is -2.05. The highest BCUT2D eigenvalue weighted by Crippen LogP contribution is 2.24. The van der Waals surface area contributed by atoms with E-state index in [0.717, 1.165) is 44.2 Å². The molecule has 0 radical (unpaired) electrons. The Hall–Kier alpha value is -4.96. The van der Waals surface area contributed by atoms with Crippen LogP contribution in [0.1, 0.15) is 33.4 Å². The van der Waals surface area contributed by atoms with Crippen LogP contribution in [-0.2, 0) is 0 Å². The Balaban J connectivity index is 1.61. The first-order chi connectivity index (χ1) is 16.8. The van der Waals surface area contributed by atoms with Gasteiger partial charge >= 0.3 is 0 Å². The summed E-state index contributed by atoms with van der Waals surface area (Å²) in [5.74, 6) is 19.8. The Bertz CT molecular complexity index is 1620. The summed E-state index contributed by atoms with van der Waals surface area (Å²) in [6.45, 7) is 0. The molecule has 0 aliphatic heterocycles. The Kier molecular flexibility index (Phi) is 6.22. The fourth-order valence-electron chi connectivity index (χ4n) is 3.63. The minimum Gasteiger partial charge on any atom is -0.0622 e. The molecule has 0 aliphatic carbocycles. The van der Waals surface area contributed by atoms with E-state index in [1.165, 1.54) is 0 Å². The normalized spacial score (nSPS) is 9.65. The number of hydrogen-bond donors (Lipinski definition) is 0. The van der Waals surface area contributed by atoms with Crippen LogP contribution in [0, 0.1) is 35.5 Å². The summed E-state index contributed by atoms with van der Waals surface area (Å²) in [7, 11) is 0. The van der Waals surface area contributed by atoms with Crippen LogP contribution in [0.3, 0.4) is 0 Å². The van der Waals surface area contributed by atoms with Crippen LogP contribution in [0.2, 0.25) is 0 Å².